The highest BCUT2D eigenvalue weighted by Gasteiger charge is 2.67. The molecular formula is C19H31NO4. The van der Waals surface area contributed by atoms with Gasteiger partial charge in [-0.1, -0.05) is 46.0 Å². The molecule has 0 aromatic carbocycles. The maximum atomic E-state index is 12.7. The van der Waals surface area contributed by atoms with Crippen molar-refractivity contribution in [3.8, 4) is 0 Å². The summed E-state index contributed by atoms with van der Waals surface area (Å²) in [5.41, 5.74) is -1.79. The number of ether oxygens (including phenoxy) is 1. The Hall–Kier alpha value is -1.10. The molecule has 0 spiro atoms. The Balaban J connectivity index is 1.63. The summed E-state index contributed by atoms with van der Waals surface area (Å²) in [5.74, 6) is 0.164. The molecule has 0 saturated heterocycles. The van der Waals surface area contributed by atoms with Gasteiger partial charge in [-0.25, -0.2) is 4.79 Å². The fourth-order valence-corrected chi connectivity index (χ4v) is 4.94. The molecule has 5 heteroatoms. The fraction of sp³-hybridized carbons (Fsp3) is 0.895. The molecule has 0 aromatic heterocycles. The third-order valence-electron chi connectivity index (χ3n) is 6.90. The van der Waals surface area contributed by atoms with Gasteiger partial charge in [-0.3, -0.25) is 4.79 Å². The molecule has 3 rings (SSSR count). The SMILES string of the molecule is CCOC1CC(NC(=O)C2CC2C2CCCCC2)(C(=O)O)C1(C)C. The van der Waals surface area contributed by atoms with Crippen LogP contribution in [0.3, 0.4) is 0 Å². The smallest absolute Gasteiger partial charge is 0.330 e. The van der Waals surface area contributed by atoms with Gasteiger partial charge < -0.3 is 15.2 Å². The number of aliphatic carboxylic acids is 1. The second-order valence-corrected chi connectivity index (χ2v) is 8.47. The monoisotopic (exact) mass is 337 g/mol. The van der Waals surface area contributed by atoms with Crippen LogP contribution in [0.15, 0.2) is 0 Å². The van der Waals surface area contributed by atoms with Gasteiger partial charge in [0.05, 0.1) is 6.10 Å². The standard InChI is InChI=1S/C19H31NO4/c1-4-24-15-11-19(17(22)23,18(15,2)3)20-16(21)14-10-13(14)12-8-6-5-7-9-12/h12-15H,4-11H2,1-3H3,(H,20,21)(H,22,23). The fourth-order valence-electron chi connectivity index (χ4n) is 4.94. The predicted octanol–water partition coefficient (Wildman–Crippen LogP) is 2.98. The molecule has 136 valence electrons. The van der Waals surface area contributed by atoms with E-state index in [9.17, 15) is 14.7 Å². The summed E-state index contributed by atoms with van der Waals surface area (Å²) in [7, 11) is 0. The van der Waals surface area contributed by atoms with Crippen molar-refractivity contribution in [2.75, 3.05) is 6.61 Å². The van der Waals surface area contributed by atoms with Gasteiger partial charge in [0.15, 0.2) is 0 Å². The lowest BCUT2D eigenvalue weighted by Gasteiger charge is -2.58. The highest BCUT2D eigenvalue weighted by Crippen LogP contribution is 2.54. The van der Waals surface area contributed by atoms with Crippen LogP contribution in [0, 0.1) is 23.2 Å². The van der Waals surface area contributed by atoms with Gasteiger partial charge in [-0.05, 0) is 25.2 Å². The van der Waals surface area contributed by atoms with Gasteiger partial charge in [0.2, 0.25) is 5.91 Å². The van der Waals surface area contributed by atoms with Crippen LogP contribution >= 0.6 is 0 Å². The van der Waals surface area contributed by atoms with Crippen LogP contribution in [0.5, 0.6) is 0 Å². The first-order valence-corrected chi connectivity index (χ1v) is 9.50. The summed E-state index contributed by atoms with van der Waals surface area (Å²) in [6.07, 6.45) is 7.50. The Bertz CT molecular complexity index is 511. The summed E-state index contributed by atoms with van der Waals surface area (Å²) < 4.78 is 5.66. The van der Waals surface area contributed by atoms with E-state index < -0.39 is 16.9 Å². The molecule has 3 fully saturated rings. The third kappa shape index (κ3) is 2.75. The van der Waals surface area contributed by atoms with Crippen LogP contribution in [0.4, 0.5) is 0 Å². The molecule has 3 aliphatic rings. The number of carboxylic acids is 1. The second-order valence-electron chi connectivity index (χ2n) is 8.47. The number of amides is 1. The maximum Gasteiger partial charge on any atom is 0.330 e. The van der Waals surface area contributed by atoms with Crippen LogP contribution in [0.25, 0.3) is 0 Å². The van der Waals surface area contributed by atoms with E-state index in [0.717, 1.165) is 6.42 Å². The number of carbonyl (C=O) groups excluding carboxylic acids is 1. The molecule has 1 amide bonds. The lowest BCUT2D eigenvalue weighted by atomic mass is 9.54. The summed E-state index contributed by atoms with van der Waals surface area (Å²) in [6.45, 7) is 6.24. The quantitative estimate of drug-likeness (QED) is 0.781. The van der Waals surface area contributed by atoms with Gasteiger partial charge in [-0.2, -0.15) is 0 Å². The minimum Gasteiger partial charge on any atom is -0.479 e. The molecule has 0 aromatic rings. The van der Waals surface area contributed by atoms with Crippen molar-refractivity contribution in [3.63, 3.8) is 0 Å². The molecular weight excluding hydrogens is 306 g/mol. The van der Waals surface area contributed by atoms with E-state index in [2.05, 4.69) is 5.32 Å². The van der Waals surface area contributed by atoms with Crippen molar-refractivity contribution in [2.45, 2.75) is 77.4 Å². The van der Waals surface area contributed by atoms with Crippen molar-refractivity contribution in [1.29, 1.82) is 0 Å². The van der Waals surface area contributed by atoms with Crippen LogP contribution in [0.1, 0.15) is 65.7 Å². The average Bonchev–Trinajstić information content (AvgIpc) is 3.34. The molecule has 3 saturated carbocycles. The number of nitrogens with one attached hydrogen (secondary N) is 1. The van der Waals surface area contributed by atoms with E-state index in [1.54, 1.807) is 0 Å². The summed E-state index contributed by atoms with van der Waals surface area (Å²) in [6, 6.07) is 0. The summed E-state index contributed by atoms with van der Waals surface area (Å²) in [5, 5.41) is 12.7. The number of hydrogen-bond acceptors (Lipinski definition) is 3. The van der Waals surface area contributed by atoms with Crippen molar-refractivity contribution in [3.05, 3.63) is 0 Å². The maximum absolute atomic E-state index is 12.7. The molecule has 5 nitrogen and oxygen atoms in total. The number of carbonyl (C=O) groups is 2. The van der Waals surface area contributed by atoms with Gasteiger partial charge in [0.1, 0.15) is 5.54 Å². The third-order valence-corrected chi connectivity index (χ3v) is 6.90. The van der Waals surface area contributed by atoms with Crippen LogP contribution < -0.4 is 5.32 Å². The zero-order valence-corrected chi connectivity index (χ0v) is 15.1. The lowest BCUT2D eigenvalue weighted by Crippen LogP contribution is -2.76. The second kappa shape index (κ2) is 6.32. The molecule has 4 atom stereocenters. The Morgan fingerprint density at radius 3 is 2.42 bits per heavy atom. The van der Waals surface area contributed by atoms with Crippen molar-refractivity contribution in [2.24, 2.45) is 23.2 Å². The van der Waals surface area contributed by atoms with E-state index >= 15 is 0 Å². The van der Waals surface area contributed by atoms with E-state index in [0.29, 0.717) is 24.9 Å². The summed E-state index contributed by atoms with van der Waals surface area (Å²) in [4.78, 5) is 24.7. The zero-order valence-electron chi connectivity index (χ0n) is 15.1. The minimum absolute atomic E-state index is 0.0197. The van der Waals surface area contributed by atoms with Gasteiger partial charge in [-0.15, -0.1) is 0 Å². The molecule has 24 heavy (non-hydrogen) atoms. The van der Waals surface area contributed by atoms with Crippen molar-refractivity contribution >= 4 is 11.9 Å². The number of rotatable bonds is 6. The molecule has 3 aliphatic carbocycles. The highest BCUT2D eigenvalue weighted by molar-refractivity contribution is 5.91. The minimum atomic E-state index is -1.19. The Morgan fingerprint density at radius 2 is 1.88 bits per heavy atom. The van der Waals surface area contributed by atoms with Crippen LogP contribution in [-0.4, -0.2) is 35.2 Å². The van der Waals surface area contributed by atoms with E-state index in [4.69, 9.17) is 4.74 Å². The summed E-state index contributed by atoms with van der Waals surface area (Å²) >= 11 is 0. The van der Waals surface area contributed by atoms with Crippen LogP contribution in [-0.2, 0) is 14.3 Å². The molecule has 0 heterocycles. The Kier molecular flexibility index (Phi) is 4.67. The largest absolute Gasteiger partial charge is 0.479 e. The number of carboxylic acid groups (broad SMARTS) is 1. The van der Waals surface area contributed by atoms with E-state index in [1.165, 1.54) is 32.1 Å². The molecule has 0 aliphatic heterocycles. The first-order chi connectivity index (χ1) is 11.3. The van der Waals surface area contributed by atoms with Gasteiger partial charge in [0.25, 0.3) is 0 Å². The van der Waals surface area contributed by atoms with Gasteiger partial charge >= 0.3 is 5.97 Å². The van der Waals surface area contributed by atoms with Crippen molar-refractivity contribution < 1.29 is 19.4 Å². The van der Waals surface area contributed by atoms with Crippen molar-refractivity contribution in [1.82, 2.24) is 5.32 Å². The molecule has 4 unspecified atom stereocenters. The normalized spacial score (nSPS) is 38.2. The van der Waals surface area contributed by atoms with Crippen LogP contribution in [0.2, 0.25) is 0 Å². The highest BCUT2D eigenvalue weighted by atomic mass is 16.5. The van der Waals surface area contributed by atoms with E-state index in [1.807, 2.05) is 20.8 Å². The average molecular weight is 337 g/mol. The van der Waals surface area contributed by atoms with E-state index in [-0.39, 0.29) is 17.9 Å². The van der Waals surface area contributed by atoms with Gasteiger partial charge in [0, 0.05) is 24.4 Å². The molecule has 0 radical (unpaired) electrons. The number of hydrogen-bond donors (Lipinski definition) is 2. The predicted molar refractivity (Wildman–Crippen MR) is 90.5 cm³/mol. The molecule has 0 bridgehead atoms. The molecule has 2 N–H and O–H groups in total. The first kappa shape index (κ1) is 17.7. The Morgan fingerprint density at radius 1 is 1.21 bits per heavy atom. The zero-order chi connectivity index (χ0) is 17.5. The topological polar surface area (TPSA) is 75.6 Å². The first-order valence-electron chi connectivity index (χ1n) is 9.50. The Labute approximate surface area is 144 Å². The lowest BCUT2D eigenvalue weighted by molar-refractivity contribution is -0.194.